The summed E-state index contributed by atoms with van der Waals surface area (Å²) in [6.07, 6.45) is 1.09. The molecule has 0 unspecified atom stereocenters. The highest BCUT2D eigenvalue weighted by atomic mass is 16.2. The molecular weight excluding hydrogens is 168 g/mol. The van der Waals surface area contributed by atoms with E-state index >= 15 is 0 Å². The Morgan fingerprint density at radius 1 is 1.54 bits per heavy atom. The van der Waals surface area contributed by atoms with Gasteiger partial charge in [0, 0.05) is 26.6 Å². The van der Waals surface area contributed by atoms with E-state index in [9.17, 15) is 9.59 Å². The zero-order chi connectivity index (χ0) is 10.3. The van der Waals surface area contributed by atoms with Gasteiger partial charge in [-0.2, -0.15) is 0 Å². The molecule has 0 saturated heterocycles. The van der Waals surface area contributed by atoms with Gasteiger partial charge in [-0.25, -0.2) is 0 Å². The zero-order valence-electron chi connectivity index (χ0n) is 8.54. The first-order chi connectivity index (χ1) is 6.06. The third-order valence-corrected chi connectivity index (χ3v) is 1.58. The summed E-state index contributed by atoms with van der Waals surface area (Å²) in [5.74, 6) is 0.468. The minimum Gasteiger partial charge on any atom is -0.356 e. The van der Waals surface area contributed by atoms with E-state index in [-0.39, 0.29) is 5.91 Å². The average molecular weight is 186 g/mol. The van der Waals surface area contributed by atoms with Crippen molar-refractivity contribution < 1.29 is 9.59 Å². The fraction of sp³-hybridized carbons (Fsp3) is 0.778. The molecule has 0 spiro atoms. The molecule has 0 heterocycles. The van der Waals surface area contributed by atoms with Crippen LogP contribution < -0.4 is 5.32 Å². The van der Waals surface area contributed by atoms with Gasteiger partial charge in [-0.3, -0.25) is 9.59 Å². The molecule has 0 aliphatic heterocycles. The van der Waals surface area contributed by atoms with Crippen LogP contribution in [0, 0.1) is 5.92 Å². The number of nitrogens with zero attached hydrogens (tertiary/aromatic N) is 1. The van der Waals surface area contributed by atoms with Crippen molar-refractivity contribution in [3.63, 3.8) is 0 Å². The van der Waals surface area contributed by atoms with Crippen LogP contribution in [0.2, 0.25) is 0 Å². The second-order valence-electron chi connectivity index (χ2n) is 3.53. The number of amides is 2. The predicted molar refractivity (Wildman–Crippen MR) is 51.2 cm³/mol. The van der Waals surface area contributed by atoms with Crippen LogP contribution in [0.15, 0.2) is 0 Å². The molecule has 4 heteroatoms. The molecule has 0 bridgehead atoms. The summed E-state index contributed by atoms with van der Waals surface area (Å²) in [6, 6.07) is 0. The van der Waals surface area contributed by atoms with E-state index in [0.29, 0.717) is 25.4 Å². The highest BCUT2D eigenvalue weighted by Crippen LogP contribution is 1.89. The predicted octanol–water partition coefficient (Wildman–Crippen LogP) is 0.237. The first kappa shape index (κ1) is 11.9. The van der Waals surface area contributed by atoms with E-state index < -0.39 is 0 Å². The lowest BCUT2D eigenvalue weighted by Gasteiger charge is -2.11. The summed E-state index contributed by atoms with van der Waals surface area (Å²) in [5, 5.41) is 2.78. The highest BCUT2D eigenvalue weighted by Gasteiger charge is 2.03. The molecule has 0 atom stereocenters. The van der Waals surface area contributed by atoms with Crippen molar-refractivity contribution in [1.82, 2.24) is 10.2 Å². The van der Waals surface area contributed by atoms with Crippen LogP contribution in [0.3, 0.4) is 0 Å². The summed E-state index contributed by atoms with van der Waals surface area (Å²) in [7, 11) is 1.66. The minimum atomic E-state index is 0.00222. The summed E-state index contributed by atoms with van der Waals surface area (Å²) in [5.41, 5.74) is 0. The molecule has 13 heavy (non-hydrogen) atoms. The maximum Gasteiger partial charge on any atom is 0.221 e. The van der Waals surface area contributed by atoms with Gasteiger partial charge in [0.2, 0.25) is 12.3 Å². The number of nitrogens with one attached hydrogen (secondary N) is 1. The van der Waals surface area contributed by atoms with Crippen LogP contribution in [0.5, 0.6) is 0 Å². The van der Waals surface area contributed by atoms with E-state index in [4.69, 9.17) is 0 Å². The van der Waals surface area contributed by atoms with Gasteiger partial charge < -0.3 is 10.2 Å². The van der Waals surface area contributed by atoms with Gasteiger partial charge in [0.15, 0.2) is 0 Å². The van der Waals surface area contributed by atoms with Gasteiger partial charge in [0.1, 0.15) is 0 Å². The Kier molecular flexibility index (Phi) is 5.93. The molecule has 0 radical (unpaired) electrons. The molecule has 0 fully saturated rings. The fourth-order valence-electron chi connectivity index (χ4n) is 0.737. The van der Waals surface area contributed by atoms with Crippen molar-refractivity contribution in [3.8, 4) is 0 Å². The maximum atomic E-state index is 11.1. The lowest BCUT2D eigenvalue weighted by molar-refractivity contribution is -0.122. The smallest absolute Gasteiger partial charge is 0.221 e. The van der Waals surface area contributed by atoms with Crippen molar-refractivity contribution in [1.29, 1.82) is 0 Å². The fourth-order valence-corrected chi connectivity index (χ4v) is 0.737. The average Bonchev–Trinajstić information content (AvgIpc) is 2.10. The van der Waals surface area contributed by atoms with Gasteiger partial charge >= 0.3 is 0 Å². The molecule has 76 valence electrons. The molecule has 1 N–H and O–H groups in total. The second kappa shape index (κ2) is 6.46. The van der Waals surface area contributed by atoms with Gasteiger partial charge in [0.25, 0.3) is 0 Å². The van der Waals surface area contributed by atoms with Gasteiger partial charge in [-0.1, -0.05) is 13.8 Å². The van der Waals surface area contributed by atoms with E-state index in [0.717, 1.165) is 6.41 Å². The van der Waals surface area contributed by atoms with Crippen molar-refractivity contribution in [2.45, 2.75) is 20.3 Å². The summed E-state index contributed by atoms with van der Waals surface area (Å²) < 4.78 is 0. The Hall–Kier alpha value is -1.06. The Morgan fingerprint density at radius 2 is 2.15 bits per heavy atom. The molecule has 4 nitrogen and oxygen atoms in total. The van der Waals surface area contributed by atoms with E-state index in [1.165, 1.54) is 4.90 Å². The van der Waals surface area contributed by atoms with Crippen LogP contribution in [0.1, 0.15) is 20.3 Å². The summed E-state index contributed by atoms with van der Waals surface area (Å²) >= 11 is 0. The summed E-state index contributed by atoms with van der Waals surface area (Å²) in [4.78, 5) is 22.7. The highest BCUT2D eigenvalue weighted by molar-refractivity contribution is 5.76. The van der Waals surface area contributed by atoms with E-state index in [1.54, 1.807) is 7.05 Å². The molecule has 0 aromatic carbocycles. The topological polar surface area (TPSA) is 49.4 Å². The normalized spacial score (nSPS) is 9.85. The van der Waals surface area contributed by atoms with Crippen LogP contribution in [-0.4, -0.2) is 37.4 Å². The maximum absolute atomic E-state index is 11.1. The van der Waals surface area contributed by atoms with Crippen molar-refractivity contribution >= 4 is 12.3 Å². The third kappa shape index (κ3) is 7.31. The molecule has 2 amide bonds. The van der Waals surface area contributed by atoms with Gasteiger partial charge in [-0.15, -0.1) is 0 Å². The molecule has 0 aromatic heterocycles. The largest absolute Gasteiger partial charge is 0.356 e. The first-order valence-corrected chi connectivity index (χ1v) is 4.48. The van der Waals surface area contributed by atoms with Crippen LogP contribution >= 0.6 is 0 Å². The van der Waals surface area contributed by atoms with E-state index in [1.807, 2.05) is 13.8 Å². The lowest BCUT2D eigenvalue weighted by atomic mass is 10.2. The first-order valence-electron chi connectivity index (χ1n) is 4.48. The monoisotopic (exact) mass is 186 g/mol. The zero-order valence-corrected chi connectivity index (χ0v) is 8.54. The van der Waals surface area contributed by atoms with Gasteiger partial charge in [0.05, 0.1) is 0 Å². The second-order valence-corrected chi connectivity index (χ2v) is 3.53. The molecule has 0 aromatic rings. The molecule has 0 aliphatic carbocycles. The van der Waals surface area contributed by atoms with Crippen molar-refractivity contribution in [3.05, 3.63) is 0 Å². The SMILES string of the molecule is CC(C)CNC(=O)CCN(C)C=O. The summed E-state index contributed by atoms with van der Waals surface area (Å²) in [6.45, 7) is 5.26. The lowest BCUT2D eigenvalue weighted by Crippen LogP contribution is -2.30. The quantitative estimate of drug-likeness (QED) is 0.604. The Morgan fingerprint density at radius 3 is 2.62 bits per heavy atom. The Labute approximate surface area is 79.3 Å². The third-order valence-electron chi connectivity index (χ3n) is 1.58. The van der Waals surface area contributed by atoms with Crippen molar-refractivity contribution in [2.24, 2.45) is 5.92 Å². The Bertz CT molecular complexity index is 169. The Balaban J connectivity index is 3.46. The minimum absolute atomic E-state index is 0.00222. The molecular formula is C9H18N2O2. The van der Waals surface area contributed by atoms with Crippen LogP contribution in [0.4, 0.5) is 0 Å². The molecule has 0 saturated carbocycles. The van der Waals surface area contributed by atoms with E-state index in [2.05, 4.69) is 5.32 Å². The molecule has 0 rings (SSSR count). The van der Waals surface area contributed by atoms with Gasteiger partial charge in [-0.05, 0) is 5.92 Å². The standard InChI is InChI=1S/C9H18N2O2/c1-8(2)6-10-9(13)4-5-11(3)7-12/h7-8H,4-6H2,1-3H3,(H,10,13). The number of carbonyl (C=O) groups is 2. The number of hydrogen-bond acceptors (Lipinski definition) is 2. The van der Waals surface area contributed by atoms with Crippen molar-refractivity contribution in [2.75, 3.05) is 20.1 Å². The molecule has 0 aliphatic rings. The van der Waals surface area contributed by atoms with Crippen LogP contribution in [0.25, 0.3) is 0 Å². The number of rotatable bonds is 6. The van der Waals surface area contributed by atoms with Crippen LogP contribution in [-0.2, 0) is 9.59 Å². The number of carbonyl (C=O) groups excluding carboxylic acids is 2. The number of hydrogen-bond donors (Lipinski definition) is 1.